The van der Waals surface area contributed by atoms with Gasteiger partial charge in [-0.05, 0) is 42.3 Å². The first-order valence-corrected chi connectivity index (χ1v) is 6.19. The fourth-order valence-corrected chi connectivity index (χ4v) is 1.99. The molecule has 0 saturated carbocycles. The SMILES string of the molecule is Cc1cccc(NC(CN)c2cc(F)c(F)c(F)c2)c1. The molecule has 2 nitrogen and oxygen atoms in total. The van der Waals surface area contributed by atoms with Gasteiger partial charge in [-0.3, -0.25) is 0 Å². The Balaban J connectivity index is 2.29. The Bertz CT molecular complexity index is 591. The minimum atomic E-state index is -1.47. The lowest BCUT2D eigenvalue weighted by atomic mass is 10.1. The van der Waals surface area contributed by atoms with Crippen LogP contribution in [0.15, 0.2) is 36.4 Å². The molecule has 20 heavy (non-hydrogen) atoms. The summed E-state index contributed by atoms with van der Waals surface area (Å²) >= 11 is 0. The van der Waals surface area contributed by atoms with E-state index < -0.39 is 23.5 Å². The largest absolute Gasteiger partial charge is 0.377 e. The third-order valence-electron chi connectivity index (χ3n) is 3.00. The molecule has 1 atom stereocenters. The van der Waals surface area contributed by atoms with Gasteiger partial charge in [-0.1, -0.05) is 12.1 Å². The molecular formula is C15H15F3N2. The molecule has 2 rings (SSSR count). The lowest BCUT2D eigenvalue weighted by molar-refractivity contribution is 0.444. The highest BCUT2D eigenvalue weighted by atomic mass is 19.2. The van der Waals surface area contributed by atoms with Gasteiger partial charge in [0.25, 0.3) is 0 Å². The van der Waals surface area contributed by atoms with Crippen LogP contribution < -0.4 is 11.1 Å². The fourth-order valence-electron chi connectivity index (χ4n) is 1.99. The van der Waals surface area contributed by atoms with Crippen molar-refractivity contribution in [3.05, 3.63) is 65.0 Å². The molecule has 3 N–H and O–H groups in total. The first-order valence-electron chi connectivity index (χ1n) is 6.19. The summed E-state index contributed by atoms with van der Waals surface area (Å²) in [7, 11) is 0. The summed E-state index contributed by atoms with van der Waals surface area (Å²) in [6.07, 6.45) is 0. The average molecular weight is 280 g/mol. The molecule has 0 aliphatic carbocycles. The predicted molar refractivity (Wildman–Crippen MR) is 72.9 cm³/mol. The maximum Gasteiger partial charge on any atom is 0.194 e. The zero-order valence-corrected chi connectivity index (χ0v) is 11.0. The Hall–Kier alpha value is -2.01. The van der Waals surface area contributed by atoms with Crippen LogP contribution in [0.2, 0.25) is 0 Å². The molecule has 0 aliphatic heterocycles. The zero-order valence-electron chi connectivity index (χ0n) is 11.0. The number of hydrogen-bond donors (Lipinski definition) is 2. The maximum absolute atomic E-state index is 13.3. The smallest absolute Gasteiger partial charge is 0.194 e. The maximum atomic E-state index is 13.3. The van der Waals surface area contributed by atoms with Crippen molar-refractivity contribution in [2.75, 3.05) is 11.9 Å². The van der Waals surface area contributed by atoms with Gasteiger partial charge in [0.2, 0.25) is 0 Å². The summed E-state index contributed by atoms with van der Waals surface area (Å²) in [4.78, 5) is 0. The number of rotatable bonds is 4. The van der Waals surface area contributed by atoms with Crippen molar-refractivity contribution in [1.82, 2.24) is 0 Å². The quantitative estimate of drug-likeness (QED) is 0.841. The van der Waals surface area contributed by atoms with Crippen LogP contribution in [0.3, 0.4) is 0 Å². The van der Waals surface area contributed by atoms with Gasteiger partial charge < -0.3 is 11.1 Å². The molecule has 0 aliphatic rings. The van der Waals surface area contributed by atoms with E-state index in [1.807, 2.05) is 31.2 Å². The molecule has 0 aromatic heterocycles. The van der Waals surface area contributed by atoms with E-state index in [-0.39, 0.29) is 12.1 Å². The number of nitrogens with one attached hydrogen (secondary N) is 1. The number of anilines is 1. The Morgan fingerprint density at radius 3 is 2.30 bits per heavy atom. The highest BCUT2D eigenvalue weighted by Crippen LogP contribution is 2.23. The minimum Gasteiger partial charge on any atom is -0.377 e. The van der Waals surface area contributed by atoms with E-state index >= 15 is 0 Å². The van der Waals surface area contributed by atoms with Crippen molar-refractivity contribution in [2.45, 2.75) is 13.0 Å². The van der Waals surface area contributed by atoms with Gasteiger partial charge in [0, 0.05) is 12.2 Å². The molecule has 0 heterocycles. The van der Waals surface area contributed by atoms with E-state index in [9.17, 15) is 13.2 Å². The van der Waals surface area contributed by atoms with Gasteiger partial charge in [0.15, 0.2) is 17.5 Å². The van der Waals surface area contributed by atoms with Crippen molar-refractivity contribution < 1.29 is 13.2 Å². The molecule has 2 aromatic rings. The van der Waals surface area contributed by atoms with Crippen LogP contribution in [0, 0.1) is 24.4 Å². The average Bonchev–Trinajstić information content (AvgIpc) is 2.41. The lowest BCUT2D eigenvalue weighted by Gasteiger charge is -2.19. The third kappa shape index (κ3) is 3.11. The second-order valence-electron chi connectivity index (χ2n) is 4.60. The Morgan fingerprint density at radius 1 is 1.10 bits per heavy atom. The Kier molecular flexibility index (Phi) is 4.29. The lowest BCUT2D eigenvalue weighted by Crippen LogP contribution is -2.21. The van der Waals surface area contributed by atoms with Crippen LogP contribution in [-0.2, 0) is 0 Å². The normalized spacial score (nSPS) is 12.2. The molecule has 5 heteroatoms. The third-order valence-corrected chi connectivity index (χ3v) is 3.00. The second-order valence-corrected chi connectivity index (χ2v) is 4.60. The number of nitrogens with two attached hydrogens (primary N) is 1. The predicted octanol–water partition coefficient (Wildman–Crippen LogP) is 3.52. The van der Waals surface area contributed by atoms with Gasteiger partial charge in [0.05, 0.1) is 6.04 Å². The number of benzene rings is 2. The second kappa shape index (κ2) is 5.96. The molecule has 0 spiro atoms. The van der Waals surface area contributed by atoms with Gasteiger partial charge in [-0.15, -0.1) is 0 Å². The van der Waals surface area contributed by atoms with Crippen molar-refractivity contribution >= 4 is 5.69 Å². The van der Waals surface area contributed by atoms with Crippen LogP contribution >= 0.6 is 0 Å². The van der Waals surface area contributed by atoms with E-state index in [0.717, 1.165) is 23.4 Å². The molecule has 0 amide bonds. The first-order chi connectivity index (χ1) is 9.51. The highest BCUT2D eigenvalue weighted by Gasteiger charge is 2.16. The van der Waals surface area contributed by atoms with E-state index in [0.29, 0.717) is 0 Å². The van der Waals surface area contributed by atoms with Gasteiger partial charge in [-0.25, -0.2) is 13.2 Å². The van der Waals surface area contributed by atoms with Gasteiger partial charge in [0.1, 0.15) is 0 Å². The zero-order chi connectivity index (χ0) is 14.7. The van der Waals surface area contributed by atoms with E-state index in [1.54, 1.807) is 0 Å². The first kappa shape index (κ1) is 14.4. The van der Waals surface area contributed by atoms with E-state index in [1.165, 1.54) is 0 Å². The van der Waals surface area contributed by atoms with Gasteiger partial charge in [-0.2, -0.15) is 0 Å². The standard InChI is InChI=1S/C15H15F3N2/c1-9-3-2-4-11(5-9)20-14(8-19)10-6-12(16)15(18)13(17)7-10/h2-7,14,20H,8,19H2,1H3. The van der Waals surface area contributed by atoms with Crippen molar-refractivity contribution in [3.8, 4) is 0 Å². The fraction of sp³-hybridized carbons (Fsp3) is 0.200. The number of aryl methyl sites for hydroxylation is 1. The van der Waals surface area contributed by atoms with E-state index in [4.69, 9.17) is 5.73 Å². The summed E-state index contributed by atoms with van der Waals surface area (Å²) < 4.78 is 39.5. The topological polar surface area (TPSA) is 38.0 Å². The van der Waals surface area contributed by atoms with Crippen LogP contribution in [0.1, 0.15) is 17.2 Å². The van der Waals surface area contributed by atoms with Crippen LogP contribution in [0.25, 0.3) is 0 Å². The van der Waals surface area contributed by atoms with Crippen molar-refractivity contribution in [1.29, 1.82) is 0 Å². The Morgan fingerprint density at radius 2 is 1.75 bits per heavy atom. The van der Waals surface area contributed by atoms with Crippen molar-refractivity contribution in [2.24, 2.45) is 5.73 Å². The number of hydrogen-bond acceptors (Lipinski definition) is 2. The molecular weight excluding hydrogens is 265 g/mol. The summed E-state index contributed by atoms with van der Waals surface area (Å²) in [6.45, 7) is 2.05. The molecule has 0 fully saturated rings. The van der Waals surface area contributed by atoms with E-state index in [2.05, 4.69) is 5.32 Å². The summed E-state index contributed by atoms with van der Waals surface area (Å²) in [5, 5.41) is 3.08. The molecule has 0 saturated heterocycles. The highest BCUT2D eigenvalue weighted by molar-refractivity contribution is 5.47. The summed E-state index contributed by atoms with van der Waals surface area (Å²) in [6, 6.07) is 8.92. The van der Waals surface area contributed by atoms with Gasteiger partial charge >= 0.3 is 0 Å². The molecule has 0 radical (unpaired) electrons. The summed E-state index contributed by atoms with van der Waals surface area (Å²) in [5.74, 6) is -3.91. The molecule has 0 bridgehead atoms. The minimum absolute atomic E-state index is 0.123. The molecule has 106 valence electrons. The molecule has 1 unspecified atom stereocenters. The van der Waals surface area contributed by atoms with Crippen LogP contribution in [0.4, 0.5) is 18.9 Å². The Labute approximate surface area is 115 Å². The van der Waals surface area contributed by atoms with Crippen molar-refractivity contribution in [3.63, 3.8) is 0 Å². The summed E-state index contributed by atoms with van der Waals surface area (Å²) in [5.41, 5.74) is 7.72. The monoisotopic (exact) mass is 280 g/mol. The van der Waals surface area contributed by atoms with Crippen LogP contribution in [0.5, 0.6) is 0 Å². The molecule has 2 aromatic carbocycles. The van der Waals surface area contributed by atoms with Crippen LogP contribution in [-0.4, -0.2) is 6.54 Å². The number of halogens is 3.